The summed E-state index contributed by atoms with van der Waals surface area (Å²) in [6.07, 6.45) is 1.46. The van der Waals surface area contributed by atoms with Crippen LogP contribution in [0.25, 0.3) is 0 Å². The Hall–Kier alpha value is -2.58. The summed E-state index contributed by atoms with van der Waals surface area (Å²) in [5.41, 5.74) is -0.0917. The number of aromatic nitrogens is 5. The average molecular weight is 221 g/mol. The van der Waals surface area contributed by atoms with Gasteiger partial charge in [-0.15, -0.1) is 10.2 Å². The predicted octanol–water partition coefficient (Wildman–Crippen LogP) is 0.115. The first-order valence-electron chi connectivity index (χ1n) is 4.33. The van der Waals surface area contributed by atoms with Crippen LogP contribution in [0, 0.1) is 10.1 Å². The Morgan fingerprint density at radius 2 is 2.44 bits per heavy atom. The number of pyridine rings is 1. The largest absolute Gasteiger partial charge is 0.357 e. The molecule has 0 bridgehead atoms. The van der Waals surface area contributed by atoms with Crippen molar-refractivity contribution in [3.8, 4) is 0 Å². The quantitative estimate of drug-likeness (QED) is 0.554. The van der Waals surface area contributed by atoms with Crippen molar-refractivity contribution < 1.29 is 4.92 Å². The zero-order valence-corrected chi connectivity index (χ0v) is 7.99. The number of tetrazole rings is 1. The van der Waals surface area contributed by atoms with Crippen LogP contribution < -0.4 is 5.32 Å². The fraction of sp³-hybridized carbons (Fsp3) is 0.143. The van der Waals surface area contributed by atoms with Gasteiger partial charge in [-0.25, -0.2) is 4.98 Å². The Morgan fingerprint density at radius 3 is 3.12 bits per heavy atom. The van der Waals surface area contributed by atoms with Gasteiger partial charge >= 0.3 is 5.69 Å². The van der Waals surface area contributed by atoms with E-state index in [2.05, 4.69) is 30.9 Å². The minimum Gasteiger partial charge on any atom is -0.357 e. The molecule has 0 spiro atoms. The van der Waals surface area contributed by atoms with Gasteiger partial charge in [0.2, 0.25) is 5.82 Å². The van der Waals surface area contributed by atoms with Crippen molar-refractivity contribution in [2.75, 3.05) is 5.32 Å². The Morgan fingerprint density at radius 1 is 1.56 bits per heavy atom. The molecule has 9 heteroatoms. The third-order valence-electron chi connectivity index (χ3n) is 1.79. The van der Waals surface area contributed by atoms with Gasteiger partial charge in [0.15, 0.2) is 5.82 Å². The maximum absolute atomic E-state index is 10.7. The fourth-order valence-electron chi connectivity index (χ4n) is 1.10. The number of nitrogens with one attached hydrogen (secondary N) is 2. The second-order valence-electron chi connectivity index (χ2n) is 2.81. The summed E-state index contributed by atoms with van der Waals surface area (Å²) in [6, 6.07) is 2.86. The maximum Gasteiger partial charge on any atom is 0.311 e. The zero-order valence-electron chi connectivity index (χ0n) is 7.99. The van der Waals surface area contributed by atoms with Crippen LogP contribution in [0.3, 0.4) is 0 Å². The predicted molar refractivity (Wildman–Crippen MR) is 52.4 cm³/mol. The highest BCUT2D eigenvalue weighted by molar-refractivity contribution is 5.54. The number of rotatable bonds is 4. The molecular weight excluding hydrogens is 214 g/mol. The van der Waals surface area contributed by atoms with Gasteiger partial charge in [-0.2, -0.15) is 5.21 Å². The number of hydrogen-bond acceptors (Lipinski definition) is 7. The number of H-pyrrole nitrogens is 1. The standard InChI is InChI=1S/C7H7N7O2/c15-14(16)5-2-1-3-8-7(5)9-4-6-10-12-13-11-6/h1-3H,4H2,(H,8,9)(H,10,11,12,13). The molecule has 2 N–H and O–H groups in total. The van der Waals surface area contributed by atoms with Crippen molar-refractivity contribution in [2.24, 2.45) is 0 Å². The molecular formula is C7H7N7O2. The molecule has 0 aliphatic carbocycles. The van der Waals surface area contributed by atoms with Crippen LogP contribution in [-0.4, -0.2) is 30.5 Å². The molecule has 2 aromatic heterocycles. The molecule has 0 aliphatic heterocycles. The van der Waals surface area contributed by atoms with Gasteiger partial charge in [-0.1, -0.05) is 5.21 Å². The van der Waals surface area contributed by atoms with Crippen molar-refractivity contribution in [3.05, 3.63) is 34.3 Å². The zero-order chi connectivity index (χ0) is 11.4. The van der Waals surface area contributed by atoms with Crippen molar-refractivity contribution in [1.29, 1.82) is 0 Å². The number of nitro groups is 1. The van der Waals surface area contributed by atoms with E-state index in [1.54, 1.807) is 0 Å². The summed E-state index contributed by atoms with van der Waals surface area (Å²) in [5.74, 6) is 0.581. The third-order valence-corrected chi connectivity index (χ3v) is 1.79. The van der Waals surface area contributed by atoms with Crippen molar-refractivity contribution >= 4 is 11.5 Å². The summed E-state index contributed by atoms with van der Waals surface area (Å²) in [4.78, 5) is 14.0. The molecule has 0 radical (unpaired) electrons. The van der Waals surface area contributed by atoms with E-state index in [0.717, 1.165) is 0 Å². The summed E-state index contributed by atoms with van der Waals surface area (Å²) < 4.78 is 0. The lowest BCUT2D eigenvalue weighted by molar-refractivity contribution is -0.384. The highest BCUT2D eigenvalue weighted by atomic mass is 16.6. The molecule has 2 heterocycles. The molecule has 0 saturated carbocycles. The van der Waals surface area contributed by atoms with Gasteiger partial charge in [0.1, 0.15) is 0 Å². The first-order chi connectivity index (χ1) is 7.77. The van der Waals surface area contributed by atoms with Crippen molar-refractivity contribution in [1.82, 2.24) is 25.6 Å². The molecule has 2 rings (SSSR count). The maximum atomic E-state index is 10.7. The van der Waals surface area contributed by atoms with E-state index < -0.39 is 4.92 Å². The molecule has 0 atom stereocenters. The first kappa shape index (κ1) is 9.96. The SMILES string of the molecule is O=[N+]([O-])c1cccnc1NCc1nn[nH]n1. The van der Waals surface area contributed by atoms with E-state index in [1.807, 2.05) is 0 Å². The lowest BCUT2D eigenvalue weighted by atomic mass is 10.4. The molecule has 0 unspecified atom stereocenters. The smallest absolute Gasteiger partial charge is 0.311 e. The molecule has 0 aliphatic rings. The summed E-state index contributed by atoms with van der Waals surface area (Å²) in [6.45, 7) is 0.217. The van der Waals surface area contributed by atoms with Crippen LogP contribution in [0.5, 0.6) is 0 Å². The number of hydrogen-bond donors (Lipinski definition) is 2. The highest BCUT2D eigenvalue weighted by Crippen LogP contribution is 2.20. The van der Waals surface area contributed by atoms with Crippen LogP contribution in [0.15, 0.2) is 18.3 Å². The molecule has 0 aromatic carbocycles. The fourth-order valence-corrected chi connectivity index (χ4v) is 1.10. The van der Waals surface area contributed by atoms with Gasteiger partial charge in [-0.05, 0) is 6.07 Å². The van der Waals surface area contributed by atoms with E-state index in [1.165, 1.54) is 18.3 Å². The Balaban J connectivity index is 2.12. The molecule has 0 amide bonds. The molecule has 16 heavy (non-hydrogen) atoms. The van der Waals surface area contributed by atoms with Gasteiger partial charge in [-0.3, -0.25) is 10.1 Å². The van der Waals surface area contributed by atoms with Gasteiger partial charge in [0.25, 0.3) is 0 Å². The van der Waals surface area contributed by atoms with Crippen LogP contribution in [-0.2, 0) is 6.54 Å². The molecule has 82 valence electrons. The lowest BCUT2D eigenvalue weighted by Gasteiger charge is -2.02. The van der Waals surface area contributed by atoms with E-state index in [0.29, 0.717) is 5.82 Å². The first-order valence-corrected chi connectivity index (χ1v) is 4.33. The Kier molecular flexibility index (Phi) is 2.67. The molecule has 0 saturated heterocycles. The second-order valence-corrected chi connectivity index (χ2v) is 2.81. The van der Waals surface area contributed by atoms with Crippen LogP contribution in [0.2, 0.25) is 0 Å². The van der Waals surface area contributed by atoms with Crippen LogP contribution in [0.1, 0.15) is 5.82 Å². The van der Waals surface area contributed by atoms with Crippen molar-refractivity contribution in [2.45, 2.75) is 6.54 Å². The molecule has 9 nitrogen and oxygen atoms in total. The number of aromatic amines is 1. The van der Waals surface area contributed by atoms with Gasteiger partial charge in [0.05, 0.1) is 11.5 Å². The third kappa shape index (κ3) is 2.08. The second kappa shape index (κ2) is 4.29. The van der Waals surface area contributed by atoms with Crippen LogP contribution in [0.4, 0.5) is 11.5 Å². The summed E-state index contributed by atoms with van der Waals surface area (Å²) in [7, 11) is 0. The minimum atomic E-state index is -0.508. The van der Waals surface area contributed by atoms with Gasteiger partial charge in [0, 0.05) is 12.3 Å². The summed E-state index contributed by atoms with van der Waals surface area (Å²) in [5, 5.41) is 26.5. The molecule has 2 aromatic rings. The average Bonchev–Trinajstić information content (AvgIpc) is 2.79. The Labute approximate surface area is 89.0 Å². The van der Waals surface area contributed by atoms with Crippen LogP contribution >= 0.6 is 0 Å². The highest BCUT2D eigenvalue weighted by Gasteiger charge is 2.13. The van der Waals surface area contributed by atoms with Crippen molar-refractivity contribution in [3.63, 3.8) is 0 Å². The summed E-state index contributed by atoms with van der Waals surface area (Å²) >= 11 is 0. The topological polar surface area (TPSA) is 123 Å². The Bertz CT molecular complexity index is 483. The monoisotopic (exact) mass is 221 g/mol. The van der Waals surface area contributed by atoms with E-state index in [4.69, 9.17) is 0 Å². The normalized spacial score (nSPS) is 10.0. The lowest BCUT2D eigenvalue weighted by Crippen LogP contribution is -2.05. The van der Waals surface area contributed by atoms with E-state index in [-0.39, 0.29) is 18.1 Å². The van der Waals surface area contributed by atoms with E-state index in [9.17, 15) is 10.1 Å². The number of anilines is 1. The van der Waals surface area contributed by atoms with E-state index >= 15 is 0 Å². The molecule has 0 fully saturated rings. The number of nitrogens with zero attached hydrogens (tertiary/aromatic N) is 5. The van der Waals surface area contributed by atoms with Gasteiger partial charge < -0.3 is 5.32 Å². The minimum absolute atomic E-state index is 0.0917.